The van der Waals surface area contributed by atoms with Gasteiger partial charge < -0.3 is 0 Å². The molecule has 0 aliphatic carbocycles. The van der Waals surface area contributed by atoms with Crippen LogP contribution >= 0.6 is 0 Å². The summed E-state index contributed by atoms with van der Waals surface area (Å²) >= 11 is 0. The molecule has 0 radical (unpaired) electrons. The lowest BCUT2D eigenvalue weighted by molar-refractivity contribution is -0.141. The summed E-state index contributed by atoms with van der Waals surface area (Å²) in [5, 5.41) is 0. The van der Waals surface area contributed by atoms with Crippen LogP contribution < -0.4 is 0 Å². The van der Waals surface area contributed by atoms with Crippen molar-refractivity contribution in [1.29, 1.82) is 0 Å². The molecule has 0 aliphatic heterocycles. The summed E-state index contributed by atoms with van der Waals surface area (Å²) in [6.07, 6.45) is -3.50. The van der Waals surface area contributed by atoms with Gasteiger partial charge in [-0.2, -0.15) is 13.2 Å². The van der Waals surface area contributed by atoms with E-state index in [9.17, 15) is 17.6 Å². The van der Waals surface area contributed by atoms with E-state index < -0.39 is 17.7 Å². The second-order valence-corrected chi connectivity index (χ2v) is 3.86. The number of benzene rings is 1. The molecular weight excluding hydrogens is 246 g/mol. The van der Waals surface area contributed by atoms with E-state index in [2.05, 4.69) is 4.98 Å². The highest BCUT2D eigenvalue weighted by Gasteiger charge is 2.32. The molecule has 2 rings (SSSR count). The van der Waals surface area contributed by atoms with Crippen molar-refractivity contribution in [3.8, 4) is 11.1 Å². The van der Waals surface area contributed by atoms with E-state index in [-0.39, 0.29) is 11.1 Å². The predicted molar refractivity (Wildman–Crippen MR) is 59.4 cm³/mol. The van der Waals surface area contributed by atoms with Gasteiger partial charge in [0.15, 0.2) is 0 Å². The van der Waals surface area contributed by atoms with Crippen LogP contribution in [0.3, 0.4) is 0 Å². The van der Waals surface area contributed by atoms with Crippen LogP contribution in [0.1, 0.15) is 11.3 Å². The smallest absolute Gasteiger partial charge is 0.252 e. The Bertz CT molecular complexity index is 575. The van der Waals surface area contributed by atoms with Crippen LogP contribution in [-0.2, 0) is 6.18 Å². The Kier molecular flexibility index (Phi) is 3.07. The molecule has 18 heavy (non-hydrogen) atoms. The van der Waals surface area contributed by atoms with Gasteiger partial charge in [0.05, 0.1) is 0 Å². The van der Waals surface area contributed by atoms with E-state index >= 15 is 0 Å². The minimum absolute atomic E-state index is 0.142. The largest absolute Gasteiger partial charge is 0.433 e. The number of aromatic nitrogens is 1. The molecule has 1 aromatic heterocycles. The summed E-state index contributed by atoms with van der Waals surface area (Å²) in [5.74, 6) is -0.517. The van der Waals surface area contributed by atoms with Crippen molar-refractivity contribution in [2.45, 2.75) is 13.1 Å². The van der Waals surface area contributed by atoms with Crippen molar-refractivity contribution in [1.82, 2.24) is 4.98 Å². The first-order chi connectivity index (χ1) is 8.39. The van der Waals surface area contributed by atoms with Gasteiger partial charge in [0, 0.05) is 11.8 Å². The Balaban J connectivity index is 2.55. The Morgan fingerprint density at radius 3 is 2.50 bits per heavy atom. The first-order valence-electron chi connectivity index (χ1n) is 5.18. The number of halogens is 4. The van der Waals surface area contributed by atoms with Crippen LogP contribution in [0, 0.1) is 12.7 Å². The maximum absolute atomic E-state index is 13.8. The lowest BCUT2D eigenvalue weighted by atomic mass is 10.0. The van der Waals surface area contributed by atoms with Crippen molar-refractivity contribution in [2.24, 2.45) is 0 Å². The van der Waals surface area contributed by atoms with Crippen molar-refractivity contribution >= 4 is 0 Å². The molecule has 0 atom stereocenters. The zero-order valence-corrected chi connectivity index (χ0v) is 9.42. The Labute approximate surface area is 101 Å². The number of alkyl halides is 3. The fourth-order valence-corrected chi connectivity index (χ4v) is 1.62. The third-order valence-corrected chi connectivity index (χ3v) is 2.55. The van der Waals surface area contributed by atoms with Crippen LogP contribution in [0.2, 0.25) is 0 Å². The lowest BCUT2D eigenvalue weighted by Crippen LogP contribution is -2.07. The van der Waals surface area contributed by atoms with Gasteiger partial charge in [0.1, 0.15) is 11.5 Å². The van der Waals surface area contributed by atoms with E-state index in [0.29, 0.717) is 5.56 Å². The second-order valence-electron chi connectivity index (χ2n) is 3.86. The molecule has 1 nitrogen and oxygen atoms in total. The molecule has 0 bridgehead atoms. The summed E-state index contributed by atoms with van der Waals surface area (Å²) in [6, 6.07) is 6.80. The molecule has 0 aliphatic rings. The number of pyridine rings is 1. The van der Waals surface area contributed by atoms with Crippen molar-refractivity contribution in [3.05, 3.63) is 53.6 Å². The van der Waals surface area contributed by atoms with Crippen molar-refractivity contribution in [2.75, 3.05) is 0 Å². The van der Waals surface area contributed by atoms with Gasteiger partial charge in [-0.25, -0.2) is 4.39 Å². The van der Waals surface area contributed by atoms with E-state index in [4.69, 9.17) is 0 Å². The summed E-state index contributed by atoms with van der Waals surface area (Å²) in [4.78, 5) is 3.24. The van der Waals surface area contributed by atoms with Gasteiger partial charge in [0.25, 0.3) is 0 Å². The minimum atomic E-state index is -4.53. The van der Waals surface area contributed by atoms with E-state index in [1.807, 2.05) is 0 Å². The highest BCUT2D eigenvalue weighted by atomic mass is 19.4. The lowest BCUT2D eigenvalue weighted by Gasteiger charge is -2.09. The number of hydrogen-bond acceptors (Lipinski definition) is 1. The Hall–Kier alpha value is -1.91. The van der Waals surface area contributed by atoms with Crippen LogP contribution in [0.15, 0.2) is 36.5 Å². The van der Waals surface area contributed by atoms with E-state index in [1.54, 1.807) is 19.1 Å². The SMILES string of the molecule is Cc1cccc(-c2ccnc(C(F)(F)F)c2)c1F. The van der Waals surface area contributed by atoms with Crippen molar-refractivity contribution < 1.29 is 17.6 Å². The molecule has 0 saturated carbocycles. The number of hydrogen-bond donors (Lipinski definition) is 0. The molecular formula is C13H9F4N. The molecule has 0 fully saturated rings. The van der Waals surface area contributed by atoms with Gasteiger partial charge in [-0.3, -0.25) is 4.98 Å². The molecule has 0 spiro atoms. The maximum atomic E-state index is 13.8. The summed E-state index contributed by atoms with van der Waals surface area (Å²) < 4.78 is 51.3. The standard InChI is InChI=1S/C13H9F4N/c1-8-3-2-4-10(12(8)14)9-5-6-18-11(7-9)13(15,16)17/h2-7H,1H3. The average Bonchev–Trinajstić information content (AvgIpc) is 2.32. The van der Waals surface area contributed by atoms with Crippen molar-refractivity contribution in [3.63, 3.8) is 0 Å². The first kappa shape index (κ1) is 12.5. The van der Waals surface area contributed by atoms with Crippen LogP contribution in [0.25, 0.3) is 11.1 Å². The molecule has 2 aromatic rings. The molecule has 1 heterocycles. The predicted octanol–water partition coefficient (Wildman–Crippen LogP) is 4.21. The highest BCUT2D eigenvalue weighted by Crippen LogP contribution is 2.31. The molecule has 5 heteroatoms. The second kappa shape index (κ2) is 4.40. The van der Waals surface area contributed by atoms with E-state index in [0.717, 1.165) is 12.3 Å². The topological polar surface area (TPSA) is 12.9 Å². The molecule has 94 valence electrons. The highest BCUT2D eigenvalue weighted by molar-refractivity contribution is 5.65. The third kappa shape index (κ3) is 2.34. The van der Waals surface area contributed by atoms with Crippen LogP contribution in [-0.4, -0.2) is 4.98 Å². The molecule has 0 amide bonds. The molecule has 0 unspecified atom stereocenters. The Morgan fingerprint density at radius 2 is 1.83 bits per heavy atom. The quantitative estimate of drug-likeness (QED) is 0.695. The maximum Gasteiger partial charge on any atom is 0.433 e. The van der Waals surface area contributed by atoms with Gasteiger partial charge in [-0.1, -0.05) is 18.2 Å². The van der Waals surface area contributed by atoms with Gasteiger partial charge in [-0.05, 0) is 30.2 Å². The summed E-state index contributed by atoms with van der Waals surface area (Å²) in [6.45, 7) is 1.56. The van der Waals surface area contributed by atoms with Gasteiger partial charge in [-0.15, -0.1) is 0 Å². The van der Waals surface area contributed by atoms with Crippen LogP contribution in [0.4, 0.5) is 17.6 Å². The fourth-order valence-electron chi connectivity index (χ4n) is 1.62. The number of nitrogens with zero attached hydrogens (tertiary/aromatic N) is 1. The monoisotopic (exact) mass is 255 g/mol. The molecule has 1 aromatic carbocycles. The van der Waals surface area contributed by atoms with Gasteiger partial charge >= 0.3 is 6.18 Å². The zero-order chi connectivity index (χ0) is 13.3. The zero-order valence-electron chi connectivity index (χ0n) is 9.42. The molecule has 0 N–H and O–H groups in total. The summed E-state index contributed by atoms with van der Waals surface area (Å²) in [7, 11) is 0. The number of rotatable bonds is 1. The van der Waals surface area contributed by atoms with Gasteiger partial charge in [0.2, 0.25) is 0 Å². The number of aryl methyl sites for hydroxylation is 1. The average molecular weight is 255 g/mol. The van der Waals surface area contributed by atoms with Crippen LogP contribution in [0.5, 0.6) is 0 Å². The first-order valence-corrected chi connectivity index (χ1v) is 5.18. The summed E-state index contributed by atoms with van der Waals surface area (Å²) in [5.41, 5.74) is -0.333. The fraction of sp³-hybridized carbons (Fsp3) is 0.154. The Morgan fingerprint density at radius 1 is 1.11 bits per heavy atom. The normalized spacial score (nSPS) is 11.6. The molecule has 0 saturated heterocycles. The minimum Gasteiger partial charge on any atom is -0.252 e. The third-order valence-electron chi connectivity index (χ3n) is 2.55. The van der Waals surface area contributed by atoms with E-state index in [1.165, 1.54) is 12.1 Å².